The molecule has 1 saturated heterocycles. The first kappa shape index (κ1) is 15.2. The van der Waals surface area contributed by atoms with Gasteiger partial charge in [0.05, 0.1) is 6.10 Å². The van der Waals surface area contributed by atoms with Gasteiger partial charge in [-0.05, 0) is 12.8 Å². The second kappa shape index (κ2) is 7.01. The number of hydrogen-bond donors (Lipinski definition) is 2. The van der Waals surface area contributed by atoms with Crippen molar-refractivity contribution in [3.05, 3.63) is 18.0 Å². The number of aliphatic hydroxyl groups is 2. The van der Waals surface area contributed by atoms with E-state index in [1.54, 1.807) is 0 Å². The van der Waals surface area contributed by atoms with Crippen molar-refractivity contribution in [3.8, 4) is 0 Å². The van der Waals surface area contributed by atoms with Crippen molar-refractivity contribution < 1.29 is 15.0 Å². The Balaban J connectivity index is 1.95. The van der Waals surface area contributed by atoms with Gasteiger partial charge in [-0.2, -0.15) is 0 Å². The summed E-state index contributed by atoms with van der Waals surface area (Å²) in [7, 11) is 0. The third-order valence-corrected chi connectivity index (χ3v) is 4.13. The van der Waals surface area contributed by atoms with Gasteiger partial charge in [0.25, 0.3) is 0 Å². The van der Waals surface area contributed by atoms with E-state index in [0.717, 1.165) is 37.7 Å². The zero-order valence-electron chi connectivity index (χ0n) is 11.4. The molecule has 2 heterocycles. The lowest BCUT2D eigenvalue weighted by Gasteiger charge is -2.18. The predicted molar refractivity (Wildman–Crippen MR) is 77.6 cm³/mol. The SMILES string of the molecule is CC(=O)SCC(O)C(O)c1cnc(N2CCCC2)nc1. The highest BCUT2D eigenvalue weighted by Gasteiger charge is 2.21. The number of hydrogen-bond acceptors (Lipinski definition) is 7. The van der Waals surface area contributed by atoms with Crippen LogP contribution < -0.4 is 4.90 Å². The van der Waals surface area contributed by atoms with Crippen LogP contribution in [-0.4, -0.2) is 50.2 Å². The average molecular weight is 297 g/mol. The third kappa shape index (κ3) is 3.91. The van der Waals surface area contributed by atoms with Gasteiger partial charge in [0.2, 0.25) is 5.95 Å². The van der Waals surface area contributed by atoms with Crippen molar-refractivity contribution in [2.75, 3.05) is 23.7 Å². The van der Waals surface area contributed by atoms with Crippen molar-refractivity contribution >= 4 is 22.8 Å². The number of carbonyl (C=O) groups is 1. The first-order valence-electron chi connectivity index (χ1n) is 6.64. The maximum Gasteiger partial charge on any atom is 0.225 e. The highest BCUT2D eigenvalue weighted by Crippen LogP contribution is 2.21. The fourth-order valence-corrected chi connectivity index (χ4v) is 2.67. The molecule has 7 heteroatoms. The van der Waals surface area contributed by atoms with Crippen molar-refractivity contribution in [1.82, 2.24) is 9.97 Å². The maximum atomic E-state index is 10.8. The summed E-state index contributed by atoms with van der Waals surface area (Å²) in [5.74, 6) is 0.815. The van der Waals surface area contributed by atoms with Gasteiger partial charge in [0.1, 0.15) is 6.10 Å². The van der Waals surface area contributed by atoms with Gasteiger partial charge in [-0.25, -0.2) is 9.97 Å². The first-order valence-corrected chi connectivity index (χ1v) is 7.63. The minimum atomic E-state index is -1.07. The molecule has 0 saturated carbocycles. The fourth-order valence-electron chi connectivity index (χ4n) is 2.08. The van der Waals surface area contributed by atoms with E-state index < -0.39 is 12.2 Å². The Morgan fingerprint density at radius 2 is 1.95 bits per heavy atom. The molecule has 0 bridgehead atoms. The number of nitrogens with zero attached hydrogens (tertiary/aromatic N) is 3. The minimum Gasteiger partial charge on any atom is -0.389 e. The van der Waals surface area contributed by atoms with Crippen LogP contribution in [0.1, 0.15) is 31.4 Å². The van der Waals surface area contributed by atoms with Gasteiger partial charge < -0.3 is 15.1 Å². The Bertz CT molecular complexity index is 449. The molecule has 2 unspecified atom stereocenters. The highest BCUT2D eigenvalue weighted by molar-refractivity contribution is 8.13. The molecule has 1 aliphatic rings. The smallest absolute Gasteiger partial charge is 0.225 e. The Morgan fingerprint density at radius 1 is 1.35 bits per heavy atom. The number of rotatable bonds is 5. The van der Waals surface area contributed by atoms with Crippen LogP contribution in [0.25, 0.3) is 0 Å². The largest absolute Gasteiger partial charge is 0.389 e. The summed E-state index contributed by atoms with van der Waals surface area (Å²) < 4.78 is 0. The standard InChI is InChI=1S/C13H19N3O3S/c1-9(17)20-8-11(18)12(19)10-6-14-13(15-7-10)16-4-2-3-5-16/h6-7,11-12,18-19H,2-5,8H2,1H3. The van der Waals surface area contributed by atoms with Gasteiger partial charge in [-0.15, -0.1) is 0 Å². The van der Waals surface area contributed by atoms with Crippen molar-refractivity contribution in [2.45, 2.75) is 32.0 Å². The van der Waals surface area contributed by atoms with E-state index >= 15 is 0 Å². The topological polar surface area (TPSA) is 86.5 Å². The maximum absolute atomic E-state index is 10.8. The summed E-state index contributed by atoms with van der Waals surface area (Å²) in [4.78, 5) is 21.4. The summed E-state index contributed by atoms with van der Waals surface area (Å²) >= 11 is 0.988. The molecule has 2 rings (SSSR count). The van der Waals surface area contributed by atoms with Gasteiger partial charge >= 0.3 is 0 Å². The summed E-state index contributed by atoms with van der Waals surface area (Å²) in [6, 6.07) is 0. The Hall–Kier alpha value is -1.18. The van der Waals surface area contributed by atoms with E-state index in [9.17, 15) is 15.0 Å². The second-order valence-corrected chi connectivity index (χ2v) is 6.02. The van der Waals surface area contributed by atoms with Crippen LogP contribution in [0.15, 0.2) is 12.4 Å². The zero-order chi connectivity index (χ0) is 14.5. The molecule has 1 aromatic heterocycles. The molecule has 0 spiro atoms. The lowest BCUT2D eigenvalue weighted by Crippen LogP contribution is -2.23. The zero-order valence-corrected chi connectivity index (χ0v) is 12.2. The molecule has 0 amide bonds. The van der Waals surface area contributed by atoms with Gasteiger partial charge in [0, 0.05) is 43.7 Å². The summed E-state index contributed by atoms with van der Waals surface area (Å²) in [6.45, 7) is 3.34. The average Bonchev–Trinajstić information content (AvgIpc) is 2.98. The van der Waals surface area contributed by atoms with E-state index in [4.69, 9.17) is 0 Å². The van der Waals surface area contributed by atoms with Crippen LogP contribution in [0, 0.1) is 0 Å². The molecule has 0 radical (unpaired) electrons. The van der Waals surface area contributed by atoms with Crippen LogP contribution in [0.5, 0.6) is 0 Å². The molecular formula is C13H19N3O3S. The number of aliphatic hydroxyl groups excluding tert-OH is 2. The Morgan fingerprint density at radius 3 is 2.50 bits per heavy atom. The summed E-state index contributed by atoms with van der Waals surface area (Å²) in [5.41, 5.74) is 0.463. The van der Waals surface area contributed by atoms with E-state index in [0.29, 0.717) is 11.5 Å². The van der Waals surface area contributed by atoms with Crippen LogP contribution in [0.3, 0.4) is 0 Å². The number of thioether (sulfide) groups is 1. The van der Waals surface area contributed by atoms with Crippen LogP contribution in [0.4, 0.5) is 5.95 Å². The number of anilines is 1. The molecule has 0 aliphatic carbocycles. The van der Waals surface area contributed by atoms with Crippen LogP contribution >= 0.6 is 11.8 Å². The molecule has 1 fully saturated rings. The van der Waals surface area contributed by atoms with Crippen LogP contribution in [0.2, 0.25) is 0 Å². The van der Waals surface area contributed by atoms with E-state index in [2.05, 4.69) is 14.9 Å². The van der Waals surface area contributed by atoms with Crippen molar-refractivity contribution in [1.29, 1.82) is 0 Å². The third-order valence-electron chi connectivity index (χ3n) is 3.21. The molecule has 1 aromatic rings. The van der Waals surface area contributed by atoms with Gasteiger partial charge in [-0.1, -0.05) is 11.8 Å². The molecule has 6 nitrogen and oxygen atoms in total. The summed E-state index contributed by atoms with van der Waals surface area (Å²) in [5, 5.41) is 19.7. The van der Waals surface area contributed by atoms with Gasteiger partial charge in [0.15, 0.2) is 5.12 Å². The molecular weight excluding hydrogens is 278 g/mol. The lowest BCUT2D eigenvalue weighted by atomic mass is 10.1. The monoisotopic (exact) mass is 297 g/mol. The van der Waals surface area contributed by atoms with Gasteiger partial charge in [-0.3, -0.25) is 4.79 Å². The number of carbonyl (C=O) groups excluding carboxylic acids is 1. The molecule has 2 N–H and O–H groups in total. The van der Waals surface area contributed by atoms with E-state index in [-0.39, 0.29) is 10.9 Å². The molecule has 110 valence electrons. The fraction of sp³-hybridized carbons (Fsp3) is 0.615. The van der Waals surface area contributed by atoms with Crippen LogP contribution in [-0.2, 0) is 4.79 Å². The second-order valence-electron chi connectivity index (χ2n) is 4.83. The molecule has 1 aliphatic heterocycles. The quantitative estimate of drug-likeness (QED) is 0.829. The molecule has 20 heavy (non-hydrogen) atoms. The molecule has 0 aromatic carbocycles. The highest BCUT2D eigenvalue weighted by atomic mass is 32.2. The minimum absolute atomic E-state index is 0.0862. The predicted octanol–water partition coefficient (Wildman–Crippen LogP) is 0.751. The van der Waals surface area contributed by atoms with E-state index in [1.807, 2.05) is 0 Å². The number of aromatic nitrogens is 2. The Kier molecular flexibility index (Phi) is 5.33. The van der Waals surface area contributed by atoms with Crippen molar-refractivity contribution in [2.24, 2.45) is 0 Å². The van der Waals surface area contributed by atoms with E-state index in [1.165, 1.54) is 19.3 Å². The Labute approximate surface area is 122 Å². The van der Waals surface area contributed by atoms with Crippen molar-refractivity contribution in [3.63, 3.8) is 0 Å². The normalized spacial score (nSPS) is 18.1. The lowest BCUT2D eigenvalue weighted by molar-refractivity contribution is -0.109. The summed E-state index contributed by atoms with van der Waals surface area (Å²) in [6.07, 6.45) is 3.28. The molecule has 2 atom stereocenters. The first-order chi connectivity index (χ1) is 9.58.